The van der Waals surface area contributed by atoms with Crippen LogP contribution in [0.25, 0.3) is 0 Å². The van der Waals surface area contributed by atoms with Crippen LogP contribution in [0.4, 0.5) is 0 Å². The van der Waals surface area contributed by atoms with Crippen LogP contribution in [-0.4, -0.2) is 23.6 Å². The first-order valence-corrected chi connectivity index (χ1v) is 10.7. The molecule has 0 aliphatic heterocycles. The van der Waals surface area contributed by atoms with Crippen molar-refractivity contribution in [1.82, 2.24) is 0 Å². The van der Waals surface area contributed by atoms with E-state index in [2.05, 4.69) is 39.0 Å². The van der Waals surface area contributed by atoms with E-state index < -0.39 is 5.60 Å². The van der Waals surface area contributed by atoms with E-state index in [0.717, 1.165) is 32.1 Å². The average Bonchev–Trinajstić information content (AvgIpc) is 2.88. The molecule has 28 heavy (non-hydrogen) atoms. The Hall–Kier alpha value is -1.58. The lowest BCUT2D eigenvalue weighted by molar-refractivity contribution is -0.168. The molecule has 4 nitrogen and oxygen atoms in total. The van der Waals surface area contributed by atoms with Gasteiger partial charge in [-0.25, -0.2) is 0 Å². The van der Waals surface area contributed by atoms with Crippen molar-refractivity contribution in [3.05, 3.63) is 23.8 Å². The van der Waals surface area contributed by atoms with E-state index in [-0.39, 0.29) is 35.3 Å². The van der Waals surface area contributed by atoms with Gasteiger partial charge in [0.05, 0.1) is 0 Å². The first-order valence-electron chi connectivity index (χ1n) is 10.7. The van der Waals surface area contributed by atoms with Gasteiger partial charge in [0, 0.05) is 32.1 Å². The molecule has 1 unspecified atom stereocenters. The molecule has 2 aliphatic carbocycles. The minimum atomic E-state index is -0.607. The number of hydrogen-bond acceptors (Lipinski definition) is 4. The minimum Gasteiger partial charge on any atom is -0.462 e. The summed E-state index contributed by atoms with van der Waals surface area (Å²) in [5, 5.41) is 0. The van der Waals surface area contributed by atoms with E-state index in [0.29, 0.717) is 5.92 Å². The normalized spacial score (nSPS) is 37.0. The van der Waals surface area contributed by atoms with Crippen LogP contribution in [0.3, 0.4) is 0 Å². The molecule has 5 atom stereocenters. The third kappa shape index (κ3) is 5.48. The highest BCUT2D eigenvalue weighted by Crippen LogP contribution is 2.55. The van der Waals surface area contributed by atoms with E-state index in [1.807, 2.05) is 13.8 Å². The molecule has 1 saturated carbocycles. The fraction of sp³-hybridized carbons (Fsp3) is 0.750. The van der Waals surface area contributed by atoms with E-state index in [9.17, 15) is 9.59 Å². The molecule has 0 bridgehead atoms. The van der Waals surface area contributed by atoms with Gasteiger partial charge in [-0.15, -0.1) is 0 Å². The lowest BCUT2D eigenvalue weighted by Gasteiger charge is -2.42. The Balaban J connectivity index is 2.52. The van der Waals surface area contributed by atoms with E-state index in [4.69, 9.17) is 9.47 Å². The molecular formula is C24H38O4. The summed E-state index contributed by atoms with van der Waals surface area (Å²) in [6.45, 7) is 13.6. The summed E-state index contributed by atoms with van der Waals surface area (Å²) < 4.78 is 11.7. The summed E-state index contributed by atoms with van der Waals surface area (Å²) in [6.07, 6.45) is 11.6. The Morgan fingerprint density at radius 3 is 2.46 bits per heavy atom. The summed E-state index contributed by atoms with van der Waals surface area (Å²) in [5.41, 5.74) is 0.559. The minimum absolute atomic E-state index is 0.0932. The van der Waals surface area contributed by atoms with Crippen LogP contribution in [0.15, 0.2) is 23.8 Å². The molecule has 0 saturated heterocycles. The zero-order valence-electron chi connectivity index (χ0n) is 18.7. The number of ether oxygens (including phenoxy) is 2. The number of allylic oxidation sites excluding steroid dienone is 3. The lowest BCUT2D eigenvalue weighted by atomic mass is 9.68. The third-order valence-electron chi connectivity index (χ3n) is 6.65. The third-order valence-corrected chi connectivity index (χ3v) is 6.65. The average molecular weight is 391 g/mol. The number of carbonyl (C=O) groups excluding carboxylic acids is 2. The first-order chi connectivity index (χ1) is 12.9. The Bertz CT molecular complexity index is 645. The largest absolute Gasteiger partial charge is 0.462 e. The van der Waals surface area contributed by atoms with Crippen LogP contribution in [0, 0.1) is 23.2 Å². The SMILES string of the molecule is CC(=O)O[C@H]1C/C(C)=C/CC[C@@H](C)/C=C/[C@@]2(C)CC[C@@H](C(C)(C)OC(C)=O)C12. The second-order valence-corrected chi connectivity index (χ2v) is 9.69. The van der Waals surface area contributed by atoms with Gasteiger partial charge in [-0.1, -0.05) is 37.6 Å². The second kappa shape index (κ2) is 8.84. The van der Waals surface area contributed by atoms with Crippen molar-refractivity contribution < 1.29 is 19.1 Å². The van der Waals surface area contributed by atoms with E-state index in [1.165, 1.54) is 19.4 Å². The highest BCUT2D eigenvalue weighted by Gasteiger charge is 2.54. The quantitative estimate of drug-likeness (QED) is 0.464. The number of esters is 2. The molecule has 0 aromatic carbocycles. The predicted octanol–water partition coefficient (Wildman–Crippen LogP) is 5.61. The smallest absolute Gasteiger partial charge is 0.303 e. The van der Waals surface area contributed by atoms with E-state index in [1.54, 1.807) is 0 Å². The summed E-state index contributed by atoms with van der Waals surface area (Å²) >= 11 is 0. The van der Waals surface area contributed by atoms with Crippen molar-refractivity contribution in [3.8, 4) is 0 Å². The number of rotatable bonds is 3. The van der Waals surface area contributed by atoms with Gasteiger partial charge in [0.15, 0.2) is 0 Å². The number of hydrogen-bond donors (Lipinski definition) is 0. The van der Waals surface area contributed by atoms with Gasteiger partial charge in [-0.3, -0.25) is 9.59 Å². The maximum atomic E-state index is 12.0. The van der Waals surface area contributed by atoms with Crippen LogP contribution in [-0.2, 0) is 19.1 Å². The molecule has 0 spiro atoms. The molecule has 2 rings (SSSR count). The Labute approximate surface area is 170 Å². The fourth-order valence-electron chi connectivity index (χ4n) is 5.31. The fourth-order valence-corrected chi connectivity index (χ4v) is 5.31. The molecule has 0 amide bonds. The first kappa shape index (κ1) is 22.7. The zero-order valence-corrected chi connectivity index (χ0v) is 18.7. The van der Waals surface area contributed by atoms with Crippen molar-refractivity contribution in [2.75, 3.05) is 0 Å². The van der Waals surface area contributed by atoms with Crippen LogP contribution >= 0.6 is 0 Å². The van der Waals surface area contributed by atoms with Crippen LogP contribution in [0.1, 0.15) is 80.6 Å². The summed E-state index contributed by atoms with van der Waals surface area (Å²) in [4.78, 5) is 23.7. The molecular weight excluding hydrogens is 352 g/mol. The van der Waals surface area contributed by atoms with Gasteiger partial charge >= 0.3 is 11.9 Å². The van der Waals surface area contributed by atoms with Crippen molar-refractivity contribution in [2.24, 2.45) is 23.2 Å². The molecule has 0 aromatic rings. The monoisotopic (exact) mass is 390 g/mol. The summed E-state index contributed by atoms with van der Waals surface area (Å²) in [7, 11) is 0. The highest BCUT2D eigenvalue weighted by molar-refractivity contribution is 5.67. The van der Waals surface area contributed by atoms with Crippen LogP contribution in [0.5, 0.6) is 0 Å². The van der Waals surface area contributed by atoms with Crippen molar-refractivity contribution in [3.63, 3.8) is 0 Å². The van der Waals surface area contributed by atoms with Crippen LogP contribution in [0.2, 0.25) is 0 Å². The lowest BCUT2D eigenvalue weighted by Crippen LogP contribution is -2.46. The maximum Gasteiger partial charge on any atom is 0.303 e. The van der Waals surface area contributed by atoms with Gasteiger partial charge < -0.3 is 9.47 Å². The topological polar surface area (TPSA) is 52.6 Å². The van der Waals surface area contributed by atoms with Gasteiger partial charge in [0.1, 0.15) is 11.7 Å². The predicted molar refractivity (Wildman–Crippen MR) is 112 cm³/mol. The Morgan fingerprint density at radius 1 is 1.18 bits per heavy atom. The Morgan fingerprint density at radius 2 is 1.86 bits per heavy atom. The van der Waals surface area contributed by atoms with E-state index >= 15 is 0 Å². The Kier molecular flexibility index (Phi) is 7.17. The molecule has 4 heteroatoms. The van der Waals surface area contributed by atoms with Gasteiger partial charge in [0.2, 0.25) is 0 Å². The van der Waals surface area contributed by atoms with Crippen molar-refractivity contribution >= 4 is 11.9 Å². The molecule has 0 radical (unpaired) electrons. The molecule has 158 valence electrons. The number of fused-ring (bicyclic) bond motifs is 1. The highest BCUT2D eigenvalue weighted by atomic mass is 16.6. The van der Waals surface area contributed by atoms with Gasteiger partial charge in [0.25, 0.3) is 0 Å². The van der Waals surface area contributed by atoms with Crippen molar-refractivity contribution in [1.29, 1.82) is 0 Å². The number of carbonyl (C=O) groups is 2. The summed E-state index contributed by atoms with van der Waals surface area (Å²) in [6, 6.07) is 0. The molecule has 0 N–H and O–H groups in total. The summed E-state index contributed by atoms with van der Waals surface area (Å²) in [5.74, 6) is 0.213. The van der Waals surface area contributed by atoms with Gasteiger partial charge in [-0.05, 0) is 57.8 Å². The standard InChI is InChI=1S/C24H38O4/c1-16-9-8-10-17(2)15-21(27-18(3)25)22-20(23(5,6)28-19(4)26)12-14-24(22,7)13-11-16/h10-11,13,16,20-22H,8-9,12,14-15H2,1-7H3/b13-11+,17-10+/t16-,20-,21+,22?,24+/m1/s1. The molecule has 1 fully saturated rings. The van der Waals surface area contributed by atoms with Crippen molar-refractivity contribution in [2.45, 2.75) is 92.3 Å². The van der Waals surface area contributed by atoms with Gasteiger partial charge in [-0.2, -0.15) is 0 Å². The zero-order chi connectivity index (χ0) is 21.1. The second-order valence-electron chi connectivity index (χ2n) is 9.69. The molecule has 0 heterocycles. The molecule has 2 aliphatic rings. The maximum absolute atomic E-state index is 12.0. The molecule has 0 aromatic heterocycles. The van der Waals surface area contributed by atoms with Crippen LogP contribution < -0.4 is 0 Å².